The SMILES string of the molecule is CCC(C)C(NC(=O)c1ccc(CSc2ccccc2)cc1)C(N)=O. The highest BCUT2D eigenvalue weighted by molar-refractivity contribution is 7.98. The van der Waals surface area contributed by atoms with Crippen molar-refractivity contribution >= 4 is 23.6 Å². The molecule has 0 aliphatic heterocycles. The van der Waals surface area contributed by atoms with Crippen LogP contribution in [0, 0.1) is 5.92 Å². The summed E-state index contributed by atoms with van der Waals surface area (Å²) in [7, 11) is 0. The molecule has 2 amide bonds. The van der Waals surface area contributed by atoms with E-state index in [1.54, 1.807) is 23.9 Å². The highest BCUT2D eigenvalue weighted by Crippen LogP contribution is 2.22. The third-order valence-corrected chi connectivity index (χ3v) is 5.25. The lowest BCUT2D eigenvalue weighted by Crippen LogP contribution is -2.48. The molecule has 0 spiro atoms. The molecule has 2 unspecified atom stereocenters. The minimum atomic E-state index is -0.647. The molecule has 2 aromatic rings. The number of nitrogens with one attached hydrogen (secondary N) is 1. The molecule has 0 radical (unpaired) electrons. The fourth-order valence-corrected chi connectivity index (χ4v) is 3.27. The van der Waals surface area contributed by atoms with Crippen LogP contribution >= 0.6 is 11.8 Å². The summed E-state index contributed by atoms with van der Waals surface area (Å²) in [6.07, 6.45) is 0.767. The van der Waals surface area contributed by atoms with Gasteiger partial charge in [0.15, 0.2) is 0 Å². The summed E-state index contributed by atoms with van der Waals surface area (Å²) in [6.45, 7) is 3.87. The first kappa shape index (κ1) is 19.1. The maximum absolute atomic E-state index is 12.3. The van der Waals surface area contributed by atoms with Crippen molar-refractivity contribution in [3.05, 3.63) is 65.7 Å². The number of primary amides is 1. The van der Waals surface area contributed by atoms with Crippen LogP contribution in [0.2, 0.25) is 0 Å². The van der Waals surface area contributed by atoms with Crippen molar-refractivity contribution in [3.63, 3.8) is 0 Å². The van der Waals surface area contributed by atoms with Crippen molar-refractivity contribution in [3.8, 4) is 0 Å². The fourth-order valence-electron chi connectivity index (χ4n) is 2.39. The van der Waals surface area contributed by atoms with Crippen molar-refractivity contribution < 1.29 is 9.59 Å². The molecule has 5 heteroatoms. The number of carbonyl (C=O) groups excluding carboxylic acids is 2. The molecule has 25 heavy (non-hydrogen) atoms. The molecule has 0 bridgehead atoms. The Bertz CT molecular complexity index is 701. The van der Waals surface area contributed by atoms with Gasteiger partial charge in [-0.05, 0) is 35.7 Å². The third kappa shape index (κ3) is 5.64. The molecule has 132 valence electrons. The van der Waals surface area contributed by atoms with Crippen molar-refractivity contribution in [1.29, 1.82) is 0 Å². The quantitative estimate of drug-likeness (QED) is 0.710. The summed E-state index contributed by atoms with van der Waals surface area (Å²) in [4.78, 5) is 25.1. The molecular formula is C20H24N2O2S. The summed E-state index contributed by atoms with van der Waals surface area (Å²) in [5, 5.41) is 2.74. The van der Waals surface area contributed by atoms with E-state index < -0.39 is 11.9 Å². The average molecular weight is 356 g/mol. The van der Waals surface area contributed by atoms with Gasteiger partial charge in [0, 0.05) is 16.2 Å². The number of hydrogen-bond acceptors (Lipinski definition) is 3. The van der Waals surface area contributed by atoms with Gasteiger partial charge in [0.05, 0.1) is 0 Å². The Kier molecular flexibility index (Phi) is 7.07. The Morgan fingerprint density at radius 3 is 2.28 bits per heavy atom. The second kappa shape index (κ2) is 9.28. The summed E-state index contributed by atoms with van der Waals surface area (Å²) in [5.41, 5.74) is 7.07. The number of hydrogen-bond donors (Lipinski definition) is 2. The van der Waals surface area contributed by atoms with Crippen LogP contribution in [0.5, 0.6) is 0 Å². The topological polar surface area (TPSA) is 72.2 Å². The van der Waals surface area contributed by atoms with Gasteiger partial charge >= 0.3 is 0 Å². The van der Waals surface area contributed by atoms with Crippen molar-refractivity contribution in [2.24, 2.45) is 11.7 Å². The predicted molar refractivity (Wildman–Crippen MR) is 102 cm³/mol. The number of carbonyl (C=O) groups is 2. The Labute approximate surface area is 153 Å². The van der Waals surface area contributed by atoms with Gasteiger partial charge in [-0.2, -0.15) is 0 Å². The zero-order valence-corrected chi connectivity index (χ0v) is 15.4. The summed E-state index contributed by atoms with van der Waals surface area (Å²) < 4.78 is 0. The van der Waals surface area contributed by atoms with Crippen molar-refractivity contribution in [2.75, 3.05) is 0 Å². The molecule has 0 fully saturated rings. The zero-order valence-electron chi connectivity index (χ0n) is 14.6. The number of nitrogens with two attached hydrogens (primary N) is 1. The molecule has 0 saturated heterocycles. The molecule has 0 aromatic heterocycles. The Balaban J connectivity index is 1.96. The lowest BCUT2D eigenvalue weighted by Gasteiger charge is -2.21. The fraction of sp³-hybridized carbons (Fsp3) is 0.300. The molecular weight excluding hydrogens is 332 g/mol. The second-order valence-electron chi connectivity index (χ2n) is 6.04. The first-order valence-corrected chi connectivity index (χ1v) is 9.36. The Morgan fingerprint density at radius 2 is 1.72 bits per heavy atom. The van der Waals surface area contributed by atoms with Crippen LogP contribution in [-0.4, -0.2) is 17.9 Å². The monoisotopic (exact) mass is 356 g/mol. The highest BCUT2D eigenvalue weighted by Gasteiger charge is 2.23. The van der Waals surface area contributed by atoms with Crippen LogP contribution in [0.15, 0.2) is 59.5 Å². The van der Waals surface area contributed by atoms with E-state index in [4.69, 9.17) is 5.73 Å². The smallest absolute Gasteiger partial charge is 0.251 e. The van der Waals surface area contributed by atoms with E-state index in [1.165, 1.54) is 4.90 Å². The third-order valence-electron chi connectivity index (χ3n) is 4.17. The molecule has 4 nitrogen and oxygen atoms in total. The van der Waals surface area contributed by atoms with Crippen molar-refractivity contribution in [2.45, 2.75) is 37.0 Å². The number of benzene rings is 2. The maximum Gasteiger partial charge on any atom is 0.251 e. The number of amides is 2. The highest BCUT2D eigenvalue weighted by atomic mass is 32.2. The van der Waals surface area contributed by atoms with E-state index in [0.29, 0.717) is 5.56 Å². The first-order chi connectivity index (χ1) is 12.0. The normalized spacial score (nSPS) is 13.0. The van der Waals surface area contributed by atoms with Gasteiger partial charge in [0.25, 0.3) is 5.91 Å². The largest absolute Gasteiger partial charge is 0.368 e. The molecule has 2 rings (SSSR count). The van der Waals surface area contributed by atoms with Gasteiger partial charge in [-0.1, -0.05) is 50.6 Å². The van der Waals surface area contributed by atoms with Gasteiger partial charge in [-0.15, -0.1) is 11.8 Å². The Hall–Kier alpha value is -2.27. The number of thioether (sulfide) groups is 1. The molecule has 0 aliphatic carbocycles. The summed E-state index contributed by atoms with van der Waals surface area (Å²) in [5.74, 6) is 0.0656. The van der Waals surface area contributed by atoms with Crippen LogP contribution in [0.25, 0.3) is 0 Å². The van der Waals surface area contributed by atoms with Gasteiger partial charge < -0.3 is 11.1 Å². The van der Waals surface area contributed by atoms with Crippen LogP contribution in [-0.2, 0) is 10.5 Å². The average Bonchev–Trinajstić information content (AvgIpc) is 2.64. The van der Waals surface area contributed by atoms with Crippen molar-refractivity contribution in [1.82, 2.24) is 5.32 Å². The minimum Gasteiger partial charge on any atom is -0.368 e. The van der Waals surface area contributed by atoms with E-state index in [2.05, 4.69) is 17.4 Å². The molecule has 0 aliphatic rings. The summed E-state index contributed by atoms with van der Waals surface area (Å²) in [6, 6.07) is 17.0. The van der Waals surface area contributed by atoms with Gasteiger partial charge in [-0.3, -0.25) is 9.59 Å². The molecule has 0 heterocycles. The molecule has 2 atom stereocenters. The lowest BCUT2D eigenvalue weighted by atomic mass is 9.98. The van der Waals surface area contributed by atoms with E-state index >= 15 is 0 Å². The van der Waals surface area contributed by atoms with E-state index in [9.17, 15) is 9.59 Å². The van der Waals surface area contributed by atoms with Gasteiger partial charge in [0.1, 0.15) is 6.04 Å². The second-order valence-corrected chi connectivity index (χ2v) is 7.09. The minimum absolute atomic E-state index is 0.00277. The lowest BCUT2D eigenvalue weighted by molar-refractivity contribution is -0.120. The van der Waals surface area contributed by atoms with E-state index in [1.807, 2.05) is 44.2 Å². The molecule has 2 aromatic carbocycles. The van der Waals surface area contributed by atoms with Gasteiger partial charge in [-0.25, -0.2) is 0 Å². The molecule has 0 saturated carbocycles. The predicted octanol–water partition coefficient (Wildman–Crippen LogP) is 3.61. The van der Waals surface area contributed by atoms with Crippen LogP contribution in [0.3, 0.4) is 0 Å². The summed E-state index contributed by atoms with van der Waals surface area (Å²) >= 11 is 1.75. The zero-order chi connectivity index (χ0) is 18.2. The maximum atomic E-state index is 12.3. The van der Waals surface area contributed by atoms with Crippen LogP contribution in [0.4, 0.5) is 0 Å². The van der Waals surface area contributed by atoms with E-state index in [0.717, 1.165) is 17.7 Å². The number of rotatable bonds is 8. The first-order valence-electron chi connectivity index (χ1n) is 8.38. The Morgan fingerprint density at radius 1 is 1.08 bits per heavy atom. The van der Waals surface area contributed by atoms with Gasteiger partial charge in [0.2, 0.25) is 5.91 Å². The van der Waals surface area contributed by atoms with E-state index in [-0.39, 0.29) is 11.8 Å². The molecule has 3 N–H and O–H groups in total. The van der Waals surface area contributed by atoms with Crippen LogP contribution in [0.1, 0.15) is 36.2 Å². The van der Waals surface area contributed by atoms with Crippen LogP contribution < -0.4 is 11.1 Å². The standard InChI is InChI=1S/C20H24N2O2S/c1-3-14(2)18(19(21)23)22-20(24)16-11-9-15(10-12-16)13-25-17-7-5-4-6-8-17/h4-12,14,18H,3,13H2,1-2H3,(H2,21,23)(H,22,24).